The van der Waals surface area contributed by atoms with Crippen LogP contribution in [-0.2, 0) is 4.79 Å². The minimum Gasteiger partial charge on any atom is -0.294 e. The number of carbonyl (C=O) groups is 1. The highest BCUT2D eigenvalue weighted by molar-refractivity contribution is 5.99. The van der Waals surface area contributed by atoms with Crippen LogP contribution in [0.3, 0.4) is 0 Å². The SMILES string of the molecule is C/C=C1\CN(C)CC1=O. The fraction of sp³-hybridized carbons (Fsp3) is 0.571. The molecule has 0 radical (unpaired) electrons. The maximum absolute atomic E-state index is 10.9. The van der Waals surface area contributed by atoms with Crippen molar-refractivity contribution in [3.63, 3.8) is 0 Å². The summed E-state index contributed by atoms with van der Waals surface area (Å²) in [6.07, 6.45) is 1.89. The van der Waals surface area contributed by atoms with E-state index in [0.29, 0.717) is 6.54 Å². The zero-order valence-electron chi connectivity index (χ0n) is 5.85. The lowest BCUT2D eigenvalue weighted by molar-refractivity contribution is -0.114. The molecule has 9 heavy (non-hydrogen) atoms. The van der Waals surface area contributed by atoms with Crippen molar-refractivity contribution in [2.24, 2.45) is 0 Å². The summed E-state index contributed by atoms with van der Waals surface area (Å²) in [5.41, 5.74) is 0.956. The zero-order chi connectivity index (χ0) is 6.85. The first-order valence-electron chi connectivity index (χ1n) is 3.11. The Hall–Kier alpha value is -0.630. The molecule has 2 nitrogen and oxygen atoms in total. The van der Waals surface area contributed by atoms with Gasteiger partial charge in [-0.05, 0) is 14.0 Å². The topological polar surface area (TPSA) is 20.3 Å². The molecule has 0 bridgehead atoms. The second-order valence-electron chi connectivity index (χ2n) is 2.41. The van der Waals surface area contributed by atoms with E-state index >= 15 is 0 Å². The van der Waals surface area contributed by atoms with E-state index < -0.39 is 0 Å². The predicted octanol–water partition coefficient (Wildman–Crippen LogP) is 0.447. The van der Waals surface area contributed by atoms with Crippen molar-refractivity contribution in [1.82, 2.24) is 4.90 Å². The molecule has 0 aromatic rings. The van der Waals surface area contributed by atoms with Gasteiger partial charge in [0.25, 0.3) is 0 Å². The first kappa shape index (κ1) is 6.49. The Balaban J connectivity index is 2.70. The number of likely N-dealkylation sites (tertiary alicyclic amines) is 1. The summed E-state index contributed by atoms with van der Waals surface area (Å²) in [4.78, 5) is 12.9. The number of nitrogens with zero attached hydrogens (tertiary/aromatic N) is 1. The van der Waals surface area contributed by atoms with E-state index in [1.54, 1.807) is 0 Å². The van der Waals surface area contributed by atoms with Crippen LogP contribution in [0, 0.1) is 0 Å². The highest BCUT2D eigenvalue weighted by Gasteiger charge is 2.19. The van der Waals surface area contributed by atoms with Crippen molar-refractivity contribution in [1.29, 1.82) is 0 Å². The molecule has 0 aromatic carbocycles. The van der Waals surface area contributed by atoms with E-state index in [-0.39, 0.29) is 5.78 Å². The molecule has 1 fully saturated rings. The summed E-state index contributed by atoms with van der Waals surface area (Å²) < 4.78 is 0. The molecular weight excluding hydrogens is 114 g/mol. The second-order valence-corrected chi connectivity index (χ2v) is 2.41. The predicted molar refractivity (Wildman–Crippen MR) is 36.3 cm³/mol. The van der Waals surface area contributed by atoms with Gasteiger partial charge in [-0.2, -0.15) is 0 Å². The molecule has 0 atom stereocenters. The lowest BCUT2D eigenvalue weighted by Gasteiger charge is -2.00. The summed E-state index contributed by atoms with van der Waals surface area (Å²) in [6.45, 7) is 3.33. The van der Waals surface area contributed by atoms with Crippen LogP contribution < -0.4 is 0 Å². The number of allylic oxidation sites excluding steroid dienone is 1. The number of likely N-dealkylation sites (N-methyl/N-ethyl adjacent to an activating group) is 1. The number of Topliss-reactive ketones (excluding diaryl/α,β-unsaturated/α-hetero) is 1. The number of carbonyl (C=O) groups excluding carboxylic acids is 1. The minimum absolute atomic E-state index is 0.278. The van der Waals surface area contributed by atoms with E-state index in [9.17, 15) is 4.79 Å². The van der Waals surface area contributed by atoms with Crippen LogP contribution in [0.25, 0.3) is 0 Å². The van der Waals surface area contributed by atoms with Gasteiger partial charge in [0.05, 0.1) is 6.54 Å². The van der Waals surface area contributed by atoms with Crippen LogP contribution in [0.2, 0.25) is 0 Å². The molecule has 0 aromatic heterocycles. The molecule has 1 rings (SSSR count). The molecule has 1 aliphatic heterocycles. The molecule has 1 heterocycles. The van der Waals surface area contributed by atoms with Crippen molar-refractivity contribution in [3.8, 4) is 0 Å². The van der Waals surface area contributed by atoms with Gasteiger partial charge in [-0.3, -0.25) is 9.69 Å². The van der Waals surface area contributed by atoms with Crippen molar-refractivity contribution < 1.29 is 4.79 Å². The average molecular weight is 125 g/mol. The molecular formula is C7H11NO. The Morgan fingerprint density at radius 2 is 2.22 bits per heavy atom. The second kappa shape index (κ2) is 2.31. The molecule has 0 amide bonds. The Morgan fingerprint density at radius 3 is 2.44 bits per heavy atom. The van der Waals surface area contributed by atoms with E-state index in [0.717, 1.165) is 12.1 Å². The highest BCUT2D eigenvalue weighted by Crippen LogP contribution is 2.07. The zero-order valence-corrected chi connectivity index (χ0v) is 5.85. The van der Waals surface area contributed by atoms with Crippen molar-refractivity contribution in [2.75, 3.05) is 20.1 Å². The van der Waals surface area contributed by atoms with Crippen LogP contribution in [0.1, 0.15) is 6.92 Å². The molecule has 0 N–H and O–H groups in total. The van der Waals surface area contributed by atoms with Crippen LogP contribution in [0.4, 0.5) is 0 Å². The van der Waals surface area contributed by atoms with Gasteiger partial charge in [0.15, 0.2) is 5.78 Å². The average Bonchev–Trinajstić information content (AvgIpc) is 2.10. The number of hydrogen-bond donors (Lipinski definition) is 0. The Bertz CT molecular complexity index is 160. The van der Waals surface area contributed by atoms with E-state index in [1.807, 2.05) is 24.9 Å². The third-order valence-electron chi connectivity index (χ3n) is 1.56. The smallest absolute Gasteiger partial charge is 0.173 e. The lowest BCUT2D eigenvalue weighted by atomic mass is 10.2. The number of rotatable bonds is 0. The highest BCUT2D eigenvalue weighted by atomic mass is 16.1. The third kappa shape index (κ3) is 1.19. The fourth-order valence-corrected chi connectivity index (χ4v) is 1.03. The summed E-state index contributed by atoms with van der Waals surface area (Å²) in [6, 6.07) is 0. The normalized spacial score (nSPS) is 26.0. The fourth-order valence-electron chi connectivity index (χ4n) is 1.03. The summed E-state index contributed by atoms with van der Waals surface area (Å²) >= 11 is 0. The molecule has 0 aliphatic carbocycles. The first-order chi connectivity index (χ1) is 4.24. The van der Waals surface area contributed by atoms with Gasteiger partial charge in [0.2, 0.25) is 0 Å². The monoisotopic (exact) mass is 125 g/mol. The lowest BCUT2D eigenvalue weighted by Crippen LogP contribution is -2.13. The largest absolute Gasteiger partial charge is 0.294 e. The maximum atomic E-state index is 10.9. The van der Waals surface area contributed by atoms with E-state index in [2.05, 4.69) is 0 Å². The van der Waals surface area contributed by atoms with Crippen LogP contribution >= 0.6 is 0 Å². The quantitative estimate of drug-likeness (QED) is 0.438. The van der Waals surface area contributed by atoms with Gasteiger partial charge in [-0.15, -0.1) is 0 Å². The van der Waals surface area contributed by atoms with Crippen molar-refractivity contribution in [2.45, 2.75) is 6.92 Å². The minimum atomic E-state index is 0.278. The van der Waals surface area contributed by atoms with Crippen molar-refractivity contribution >= 4 is 5.78 Å². The van der Waals surface area contributed by atoms with E-state index in [4.69, 9.17) is 0 Å². The molecule has 0 spiro atoms. The van der Waals surface area contributed by atoms with Gasteiger partial charge >= 0.3 is 0 Å². The van der Waals surface area contributed by atoms with Gasteiger partial charge in [0, 0.05) is 12.1 Å². The molecule has 2 heteroatoms. The summed E-state index contributed by atoms with van der Waals surface area (Å²) in [5.74, 6) is 0.278. The van der Waals surface area contributed by atoms with Crippen LogP contribution in [0.5, 0.6) is 0 Å². The Kier molecular flexibility index (Phi) is 1.67. The summed E-state index contributed by atoms with van der Waals surface area (Å²) in [5, 5.41) is 0. The summed E-state index contributed by atoms with van der Waals surface area (Å²) in [7, 11) is 1.95. The maximum Gasteiger partial charge on any atom is 0.173 e. The van der Waals surface area contributed by atoms with E-state index in [1.165, 1.54) is 0 Å². The molecule has 0 unspecified atom stereocenters. The number of ketones is 1. The first-order valence-corrected chi connectivity index (χ1v) is 3.11. The molecule has 1 aliphatic rings. The molecule has 50 valence electrons. The Morgan fingerprint density at radius 1 is 1.56 bits per heavy atom. The molecule has 1 saturated heterocycles. The van der Waals surface area contributed by atoms with Gasteiger partial charge in [-0.25, -0.2) is 0 Å². The Labute approximate surface area is 55.2 Å². The van der Waals surface area contributed by atoms with Gasteiger partial charge in [-0.1, -0.05) is 6.08 Å². The molecule has 0 saturated carbocycles. The van der Waals surface area contributed by atoms with Crippen LogP contribution in [0.15, 0.2) is 11.6 Å². The number of hydrogen-bond acceptors (Lipinski definition) is 2. The van der Waals surface area contributed by atoms with Crippen molar-refractivity contribution in [3.05, 3.63) is 11.6 Å². The van der Waals surface area contributed by atoms with Gasteiger partial charge in [0.1, 0.15) is 0 Å². The standard InChI is InChI=1S/C7H11NO/c1-3-6-4-8(2)5-7(6)9/h3H,4-5H2,1-2H3/b6-3+. The van der Waals surface area contributed by atoms with Gasteiger partial charge < -0.3 is 0 Å². The third-order valence-corrected chi connectivity index (χ3v) is 1.56. The van der Waals surface area contributed by atoms with Crippen LogP contribution in [-0.4, -0.2) is 30.8 Å².